The van der Waals surface area contributed by atoms with Crippen molar-refractivity contribution in [3.8, 4) is 17.2 Å². The first-order valence-corrected chi connectivity index (χ1v) is 7.10. The van der Waals surface area contributed by atoms with Gasteiger partial charge in [0.1, 0.15) is 11.3 Å². The first-order valence-electron chi connectivity index (χ1n) is 7.10. The van der Waals surface area contributed by atoms with Gasteiger partial charge in [0.05, 0.1) is 6.61 Å². The normalized spacial score (nSPS) is 19.1. The second kappa shape index (κ2) is 5.44. The Morgan fingerprint density at radius 3 is 2.90 bits per heavy atom. The van der Waals surface area contributed by atoms with E-state index in [4.69, 9.17) is 14.2 Å². The third kappa shape index (κ3) is 3.21. The molecule has 0 amide bonds. The molecule has 6 nitrogen and oxygen atoms in total. The molecule has 0 bridgehead atoms. The molecule has 0 saturated heterocycles. The molecule has 1 aromatic carbocycles. The Morgan fingerprint density at radius 2 is 2.19 bits per heavy atom. The lowest BCUT2D eigenvalue weighted by Gasteiger charge is -2.26. The van der Waals surface area contributed by atoms with Gasteiger partial charge in [0.25, 0.3) is 0 Å². The molecule has 114 valence electrons. The third-order valence-electron chi connectivity index (χ3n) is 3.79. The second-order valence-corrected chi connectivity index (χ2v) is 5.67. The molecule has 1 fully saturated rings. The van der Waals surface area contributed by atoms with Gasteiger partial charge in [0, 0.05) is 18.5 Å². The van der Waals surface area contributed by atoms with Crippen molar-refractivity contribution in [3.05, 3.63) is 18.2 Å². The van der Waals surface area contributed by atoms with Gasteiger partial charge in [-0.2, -0.15) is 0 Å². The van der Waals surface area contributed by atoms with Gasteiger partial charge in [0.2, 0.25) is 6.79 Å². The summed E-state index contributed by atoms with van der Waals surface area (Å²) in [5, 5.41) is 12.5. The van der Waals surface area contributed by atoms with Crippen LogP contribution in [0.25, 0.3) is 0 Å². The van der Waals surface area contributed by atoms with E-state index < -0.39 is 11.5 Å². The summed E-state index contributed by atoms with van der Waals surface area (Å²) in [6.45, 7) is 2.25. The molecule has 0 spiro atoms. The number of fused-ring (bicyclic) bond motifs is 1. The zero-order chi connectivity index (χ0) is 14.9. The predicted octanol–water partition coefficient (Wildman–Crippen LogP) is 1.78. The number of ether oxygens (including phenoxy) is 3. The molecule has 0 aromatic heterocycles. The molecular weight excluding hydrogens is 274 g/mol. The van der Waals surface area contributed by atoms with Crippen molar-refractivity contribution in [2.75, 3.05) is 13.4 Å². The topological polar surface area (TPSA) is 77.0 Å². The van der Waals surface area contributed by atoms with Crippen LogP contribution in [0, 0.1) is 0 Å². The van der Waals surface area contributed by atoms with Crippen LogP contribution in [0.4, 0.5) is 0 Å². The smallest absolute Gasteiger partial charge is 0.323 e. The molecule has 1 saturated carbocycles. The Kier molecular flexibility index (Phi) is 3.63. The standard InChI is InChI=1S/C15H19NO5/c1-15(14(17)18,16-10-2-3-10)6-7-19-11-4-5-12-13(8-11)21-9-20-12/h4-5,8,10,16H,2-3,6-7,9H2,1H3,(H,17,18). The molecule has 2 N–H and O–H groups in total. The molecule has 1 aromatic rings. The van der Waals surface area contributed by atoms with Gasteiger partial charge in [-0.3, -0.25) is 10.1 Å². The van der Waals surface area contributed by atoms with E-state index in [1.165, 1.54) is 0 Å². The van der Waals surface area contributed by atoms with Crippen LogP contribution in [0.2, 0.25) is 0 Å². The van der Waals surface area contributed by atoms with Crippen LogP contribution >= 0.6 is 0 Å². The van der Waals surface area contributed by atoms with Gasteiger partial charge >= 0.3 is 5.97 Å². The molecule has 1 atom stereocenters. The molecule has 1 aliphatic heterocycles. The fraction of sp³-hybridized carbons (Fsp3) is 0.533. The summed E-state index contributed by atoms with van der Waals surface area (Å²) < 4.78 is 16.1. The maximum absolute atomic E-state index is 11.4. The Balaban J connectivity index is 1.55. The van der Waals surface area contributed by atoms with Crippen molar-refractivity contribution >= 4 is 5.97 Å². The van der Waals surface area contributed by atoms with Crippen molar-refractivity contribution in [3.63, 3.8) is 0 Å². The first-order chi connectivity index (χ1) is 10.1. The van der Waals surface area contributed by atoms with Gasteiger partial charge in [-0.25, -0.2) is 0 Å². The summed E-state index contributed by atoms with van der Waals surface area (Å²) in [5.74, 6) is 1.17. The Hall–Kier alpha value is -1.95. The number of carboxylic acid groups (broad SMARTS) is 1. The minimum Gasteiger partial charge on any atom is -0.493 e. The monoisotopic (exact) mass is 293 g/mol. The van der Waals surface area contributed by atoms with E-state index in [0.717, 1.165) is 12.8 Å². The van der Waals surface area contributed by atoms with Gasteiger partial charge in [0.15, 0.2) is 11.5 Å². The van der Waals surface area contributed by atoms with E-state index in [2.05, 4.69) is 5.32 Å². The molecule has 6 heteroatoms. The summed E-state index contributed by atoms with van der Waals surface area (Å²) in [5.41, 5.74) is -0.947. The first kappa shape index (κ1) is 14.0. The summed E-state index contributed by atoms with van der Waals surface area (Å²) >= 11 is 0. The van der Waals surface area contributed by atoms with Crippen molar-refractivity contribution in [2.45, 2.75) is 37.8 Å². The molecule has 1 heterocycles. The Morgan fingerprint density at radius 1 is 1.43 bits per heavy atom. The van der Waals surface area contributed by atoms with Crippen molar-refractivity contribution < 1.29 is 24.1 Å². The largest absolute Gasteiger partial charge is 0.493 e. The number of carbonyl (C=O) groups is 1. The number of rotatable bonds is 7. The van der Waals surface area contributed by atoms with E-state index in [1.807, 2.05) is 0 Å². The Bertz CT molecular complexity index is 543. The number of hydrogen-bond donors (Lipinski definition) is 2. The zero-order valence-corrected chi connectivity index (χ0v) is 11.9. The van der Waals surface area contributed by atoms with Crippen LogP contribution in [0.1, 0.15) is 26.2 Å². The lowest BCUT2D eigenvalue weighted by atomic mass is 9.98. The van der Waals surface area contributed by atoms with E-state index in [0.29, 0.717) is 36.3 Å². The second-order valence-electron chi connectivity index (χ2n) is 5.67. The average Bonchev–Trinajstić information content (AvgIpc) is 3.13. The molecule has 2 aliphatic rings. The highest BCUT2D eigenvalue weighted by atomic mass is 16.7. The minimum atomic E-state index is -0.947. The number of benzene rings is 1. The average molecular weight is 293 g/mol. The maximum atomic E-state index is 11.4. The number of aliphatic carboxylic acids is 1. The highest BCUT2D eigenvalue weighted by Crippen LogP contribution is 2.35. The fourth-order valence-corrected chi connectivity index (χ4v) is 2.26. The molecule has 1 aliphatic carbocycles. The van der Waals surface area contributed by atoms with Gasteiger partial charge in [-0.1, -0.05) is 0 Å². The lowest BCUT2D eigenvalue weighted by molar-refractivity contribution is -0.144. The van der Waals surface area contributed by atoms with E-state index >= 15 is 0 Å². The van der Waals surface area contributed by atoms with Gasteiger partial charge in [-0.15, -0.1) is 0 Å². The van der Waals surface area contributed by atoms with Crippen LogP contribution in [-0.4, -0.2) is 36.1 Å². The van der Waals surface area contributed by atoms with Gasteiger partial charge in [-0.05, 0) is 31.9 Å². The van der Waals surface area contributed by atoms with Crippen molar-refractivity contribution in [2.24, 2.45) is 0 Å². The highest BCUT2D eigenvalue weighted by molar-refractivity contribution is 5.78. The molecular formula is C15H19NO5. The summed E-state index contributed by atoms with van der Waals surface area (Å²) in [6, 6.07) is 5.67. The van der Waals surface area contributed by atoms with E-state index in [1.54, 1.807) is 25.1 Å². The van der Waals surface area contributed by atoms with Crippen LogP contribution in [0.5, 0.6) is 17.2 Å². The summed E-state index contributed by atoms with van der Waals surface area (Å²) in [4.78, 5) is 11.4. The molecule has 0 radical (unpaired) electrons. The van der Waals surface area contributed by atoms with Gasteiger partial charge < -0.3 is 19.3 Å². The molecule has 21 heavy (non-hydrogen) atoms. The molecule has 1 unspecified atom stereocenters. The zero-order valence-electron chi connectivity index (χ0n) is 11.9. The van der Waals surface area contributed by atoms with E-state index in [9.17, 15) is 9.90 Å². The number of hydrogen-bond acceptors (Lipinski definition) is 5. The lowest BCUT2D eigenvalue weighted by Crippen LogP contribution is -2.51. The molecule has 3 rings (SSSR count). The maximum Gasteiger partial charge on any atom is 0.323 e. The fourth-order valence-electron chi connectivity index (χ4n) is 2.26. The third-order valence-corrected chi connectivity index (χ3v) is 3.79. The predicted molar refractivity (Wildman–Crippen MR) is 74.9 cm³/mol. The highest BCUT2D eigenvalue weighted by Gasteiger charge is 2.38. The van der Waals surface area contributed by atoms with Crippen LogP contribution in [0.15, 0.2) is 18.2 Å². The van der Waals surface area contributed by atoms with Crippen LogP contribution in [0.3, 0.4) is 0 Å². The van der Waals surface area contributed by atoms with E-state index in [-0.39, 0.29) is 6.79 Å². The quantitative estimate of drug-likeness (QED) is 0.798. The van der Waals surface area contributed by atoms with Crippen molar-refractivity contribution in [1.29, 1.82) is 0 Å². The van der Waals surface area contributed by atoms with Crippen molar-refractivity contribution in [1.82, 2.24) is 5.32 Å². The van der Waals surface area contributed by atoms with Crippen LogP contribution < -0.4 is 19.5 Å². The SMILES string of the molecule is CC(CCOc1ccc2c(c1)OCO2)(NC1CC1)C(=O)O. The number of carboxylic acids is 1. The minimum absolute atomic E-state index is 0.223. The summed E-state index contributed by atoms with van der Waals surface area (Å²) in [6.07, 6.45) is 2.49. The van der Waals surface area contributed by atoms with Crippen LogP contribution in [-0.2, 0) is 4.79 Å². The Labute approximate surface area is 123 Å². The summed E-state index contributed by atoms with van der Waals surface area (Å²) in [7, 11) is 0. The number of nitrogens with one attached hydrogen (secondary N) is 1.